The van der Waals surface area contributed by atoms with Gasteiger partial charge in [-0.15, -0.1) is 0 Å². The van der Waals surface area contributed by atoms with E-state index in [-0.39, 0.29) is 5.95 Å². The maximum absolute atomic E-state index is 5.78. The highest BCUT2D eigenvalue weighted by Crippen LogP contribution is 2.26. The number of halogens is 1. The molecule has 1 aromatic heterocycles. The predicted molar refractivity (Wildman–Crippen MR) is 62.0 cm³/mol. The molecule has 0 bridgehead atoms. The number of nitrogen functional groups attached to an aromatic ring is 1. The average Bonchev–Trinajstić information content (AvgIpc) is 2.22. The van der Waals surface area contributed by atoms with E-state index < -0.39 is 0 Å². The number of benzene rings is 1. The van der Waals surface area contributed by atoms with E-state index in [4.69, 9.17) is 17.3 Å². The zero-order valence-electron chi connectivity index (χ0n) is 7.72. The molecule has 0 unspecified atom stereocenters. The molecule has 0 fully saturated rings. The van der Waals surface area contributed by atoms with Gasteiger partial charge in [-0.3, -0.25) is 0 Å². The van der Waals surface area contributed by atoms with E-state index in [1.54, 1.807) is 6.20 Å². The van der Waals surface area contributed by atoms with Gasteiger partial charge in [-0.2, -0.15) is 0 Å². The molecule has 2 N–H and O–H groups in total. The largest absolute Gasteiger partial charge is 0.368 e. The summed E-state index contributed by atoms with van der Waals surface area (Å²) in [6, 6.07) is 9.37. The second kappa shape index (κ2) is 4.51. The third-order valence-corrected chi connectivity index (χ3v) is 2.88. The number of hydrogen-bond acceptors (Lipinski definition) is 4. The van der Waals surface area contributed by atoms with Gasteiger partial charge in [0.25, 0.3) is 0 Å². The Morgan fingerprint density at radius 3 is 2.53 bits per heavy atom. The predicted octanol–water partition coefficient (Wildman–Crippen LogP) is 2.86. The zero-order chi connectivity index (χ0) is 10.7. The average molecular weight is 238 g/mol. The lowest BCUT2D eigenvalue weighted by Crippen LogP contribution is -1.93. The second-order valence-corrected chi connectivity index (χ2v) is 4.34. The lowest BCUT2D eigenvalue weighted by Gasteiger charge is -2.00. The van der Waals surface area contributed by atoms with Crippen LogP contribution >= 0.6 is 23.4 Å². The Balaban J connectivity index is 2.18. The van der Waals surface area contributed by atoms with Gasteiger partial charge in [0.1, 0.15) is 5.03 Å². The summed E-state index contributed by atoms with van der Waals surface area (Å²) >= 11 is 7.31. The highest BCUT2D eigenvalue weighted by molar-refractivity contribution is 7.99. The minimum atomic E-state index is 0.286. The molecule has 76 valence electrons. The van der Waals surface area contributed by atoms with Crippen LogP contribution in [0.3, 0.4) is 0 Å². The van der Waals surface area contributed by atoms with Crippen molar-refractivity contribution in [3.63, 3.8) is 0 Å². The van der Waals surface area contributed by atoms with Crippen LogP contribution in [0.2, 0.25) is 5.02 Å². The van der Waals surface area contributed by atoms with Crippen molar-refractivity contribution in [3.8, 4) is 0 Å². The summed E-state index contributed by atoms with van der Waals surface area (Å²) < 4.78 is 0. The van der Waals surface area contributed by atoms with Crippen molar-refractivity contribution < 1.29 is 0 Å². The van der Waals surface area contributed by atoms with Crippen molar-refractivity contribution in [2.45, 2.75) is 9.92 Å². The van der Waals surface area contributed by atoms with Crippen LogP contribution in [-0.2, 0) is 0 Å². The van der Waals surface area contributed by atoms with Crippen molar-refractivity contribution in [2.75, 3.05) is 5.73 Å². The SMILES string of the molecule is Nc1nccc(Sc2ccc(Cl)cc2)n1. The summed E-state index contributed by atoms with van der Waals surface area (Å²) in [6.07, 6.45) is 1.64. The molecule has 0 amide bonds. The normalized spacial score (nSPS) is 10.2. The Kier molecular flexibility index (Phi) is 3.08. The molecule has 0 aliphatic heterocycles. The Morgan fingerprint density at radius 2 is 1.87 bits per heavy atom. The van der Waals surface area contributed by atoms with Gasteiger partial charge in [-0.05, 0) is 30.3 Å². The van der Waals surface area contributed by atoms with Crippen LogP contribution in [0, 0.1) is 0 Å². The summed E-state index contributed by atoms with van der Waals surface area (Å²) in [6.45, 7) is 0. The maximum atomic E-state index is 5.78. The molecule has 2 rings (SSSR count). The molecule has 5 heteroatoms. The number of rotatable bonds is 2. The van der Waals surface area contributed by atoms with Crippen LogP contribution in [0.15, 0.2) is 46.5 Å². The summed E-state index contributed by atoms with van der Waals surface area (Å²) in [5.41, 5.74) is 5.48. The molecular weight excluding hydrogens is 230 g/mol. The van der Waals surface area contributed by atoms with Gasteiger partial charge < -0.3 is 5.73 Å². The van der Waals surface area contributed by atoms with Crippen LogP contribution in [-0.4, -0.2) is 9.97 Å². The molecule has 0 radical (unpaired) electrons. The highest BCUT2D eigenvalue weighted by atomic mass is 35.5. The summed E-state index contributed by atoms with van der Waals surface area (Å²) in [4.78, 5) is 8.98. The number of hydrogen-bond donors (Lipinski definition) is 1. The standard InChI is InChI=1S/C10H8ClN3S/c11-7-1-3-8(4-2-7)15-9-5-6-13-10(12)14-9/h1-6H,(H2,12,13,14). The summed E-state index contributed by atoms with van der Waals surface area (Å²) in [5, 5.41) is 1.55. The first-order valence-electron chi connectivity index (χ1n) is 4.26. The molecule has 0 atom stereocenters. The van der Waals surface area contributed by atoms with Crippen LogP contribution in [0.4, 0.5) is 5.95 Å². The first-order valence-corrected chi connectivity index (χ1v) is 5.45. The smallest absolute Gasteiger partial charge is 0.221 e. The Labute approximate surface area is 96.7 Å². The molecular formula is C10H8ClN3S. The van der Waals surface area contributed by atoms with E-state index in [1.165, 1.54) is 11.8 Å². The fourth-order valence-electron chi connectivity index (χ4n) is 1.04. The van der Waals surface area contributed by atoms with Gasteiger partial charge >= 0.3 is 0 Å². The monoisotopic (exact) mass is 237 g/mol. The molecule has 0 aliphatic carbocycles. The van der Waals surface area contributed by atoms with E-state index in [0.717, 1.165) is 14.9 Å². The minimum Gasteiger partial charge on any atom is -0.368 e. The lowest BCUT2D eigenvalue weighted by atomic mass is 10.4. The summed E-state index contributed by atoms with van der Waals surface area (Å²) in [5.74, 6) is 0.286. The number of nitrogens with zero attached hydrogens (tertiary/aromatic N) is 2. The van der Waals surface area contributed by atoms with E-state index in [1.807, 2.05) is 30.3 Å². The Bertz CT molecular complexity index is 458. The fraction of sp³-hybridized carbons (Fsp3) is 0. The zero-order valence-corrected chi connectivity index (χ0v) is 9.29. The van der Waals surface area contributed by atoms with Gasteiger partial charge in [0.05, 0.1) is 0 Å². The fourth-order valence-corrected chi connectivity index (χ4v) is 1.94. The lowest BCUT2D eigenvalue weighted by molar-refractivity contribution is 1.06. The van der Waals surface area contributed by atoms with Crippen molar-refractivity contribution in [3.05, 3.63) is 41.6 Å². The van der Waals surface area contributed by atoms with Crippen molar-refractivity contribution in [1.82, 2.24) is 9.97 Å². The van der Waals surface area contributed by atoms with Gasteiger partial charge in [-0.1, -0.05) is 23.4 Å². The minimum absolute atomic E-state index is 0.286. The molecule has 1 aromatic carbocycles. The quantitative estimate of drug-likeness (QED) is 0.816. The van der Waals surface area contributed by atoms with Crippen LogP contribution in [0.1, 0.15) is 0 Å². The molecule has 15 heavy (non-hydrogen) atoms. The van der Waals surface area contributed by atoms with Crippen LogP contribution < -0.4 is 5.73 Å². The molecule has 0 spiro atoms. The van der Waals surface area contributed by atoms with E-state index >= 15 is 0 Å². The number of aromatic nitrogens is 2. The number of nitrogens with two attached hydrogens (primary N) is 1. The van der Waals surface area contributed by atoms with E-state index in [9.17, 15) is 0 Å². The number of anilines is 1. The first kappa shape index (κ1) is 10.3. The van der Waals surface area contributed by atoms with Crippen molar-refractivity contribution in [2.24, 2.45) is 0 Å². The molecule has 2 aromatic rings. The molecule has 3 nitrogen and oxygen atoms in total. The summed E-state index contributed by atoms with van der Waals surface area (Å²) in [7, 11) is 0. The van der Waals surface area contributed by atoms with Gasteiger partial charge in [0.15, 0.2) is 0 Å². The van der Waals surface area contributed by atoms with E-state index in [0.29, 0.717) is 0 Å². The third-order valence-electron chi connectivity index (χ3n) is 1.68. The molecule has 0 aliphatic rings. The van der Waals surface area contributed by atoms with Gasteiger partial charge in [0.2, 0.25) is 5.95 Å². The third kappa shape index (κ3) is 2.84. The first-order chi connectivity index (χ1) is 7.24. The Hall–Kier alpha value is -1.26. The van der Waals surface area contributed by atoms with Gasteiger partial charge in [0, 0.05) is 16.1 Å². The maximum Gasteiger partial charge on any atom is 0.221 e. The van der Waals surface area contributed by atoms with Gasteiger partial charge in [-0.25, -0.2) is 9.97 Å². The molecule has 0 saturated heterocycles. The molecule has 0 saturated carbocycles. The van der Waals surface area contributed by atoms with Crippen molar-refractivity contribution in [1.29, 1.82) is 0 Å². The second-order valence-electron chi connectivity index (χ2n) is 2.81. The van der Waals surface area contributed by atoms with Crippen LogP contribution in [0.5, 0.6) is 0 Å². The molecule has 1 heterocycles. The topological polar surface area (TPSA) is 51.8 Å². The Morgan fingerprint density at radius 1 is 1.13 bits per heavy atom. The highest BCUT2D eigenvalue weighted by Gasteiger charge is 1.99. The van der Waals surface area contributed by atoms with E-state index in [2.05, 4.69) is 9.97 Å². The van der Waals surface area contributed by atoms with Crippen molar-refractivity contribution >= 4 is 29.3 Å². The van der Waals surface area contributed by atoms with Crippen LogP contribution in [0.25, 0.3) is 0 Å².